The number of nitrogen functional groups attached to an aromatic ring is 5. The van der Waals surface area contributed by atoms with Gasteiger partial charge in [-0.05, 0) is 73.1 Å². The van der Waals surface area contributed by atoms with Crippen molar-refractivity contribution in [3.8, 4) is 0 Å². The molecule has 98 heavy (non-hydrogen) atoms. The predicted molar refractivity (Wildman–Crippen MR) is 398 cm³/mol. The molecule has 518 valence electrons. The summed E-state index contributed by atoms with van der Waals surface area (Å²) in [5.74, 6) is 7.53. The molecule has 0 bridgehead atoms. The third kappa shape index (κ3) is 15.7. The van der Waals surface area contributed by atoms with Gasteiger partial charge in [0.15, 0.2) is 28.2 Å². The summed E-state index contributed by atoms with van der Waals surface area (Å²) >= 11 is 6.99. The minimum absolute atomic E-state index is 0.123. The lowest BCUT2D eigenvalue weighted by Gasteiger charge is -2.17. The van der Waals surface area contributed by atoms with Gasteiger partial charge in [-0.15, -0.1) is 23.5 Å². The zero-order valence-electron chi connectivity index (χ0n) is 54.2. The maximum Gasteiger partial charge on any atom is 0.221 e. The van der Waals surface area contributed by atoms with E-state index in [0.717, 1.165) is 172 Å². The number of nitrogens with two attached hydrogens (primary N) is 10. The Labute approximate surface area is 590 Å². The van der Waals surface area contributed by atoms with Crippen molar-refractivity contribution in [1.29, 1.82) is 0 Å². The van der Waals surface area contributed by atoms with Crippen molar-refractivity contribution in [2.24, 2.45) is 28.7 Å². The molecule has 5 aliphatic heterocycles. The molecule has 15 heterocycles. The summed E-state index contributed by atoms with van der Waals surface area (Å²) in [7, 11) is 0. The molecule has 16 rings (SSSR count). The van der Waals surface area contributed by atoms with Crippen LogP contribution in [-0.4, -0.2) is 198 Å². The lowest BCUT2D eigenvalue weighted by Crippen LogP contribution is -2.27. The minimum atomic E-state index is -0.172. The highest BCUT2D eigenvalue weighted by Crippen LogP contribution is 2.34. The number of aliphatic hydroxyl groups is 1. The minimum Gasteiger partial charge on any atom is -0.396 e. The quantitative estimate of drug-likeness (QED) is 0.0618. The smallest absolute Gasteiger partial charge is 0.221 e. The summed E-state index contributed by atoms with van der Waals surface area (Å²) in [6.45, 7) is 10.2. The third-order valence-electron chi connectivity index (χ3n) is 16.9. The molecule has 5 saturated heterocycles. The van der Waals surface area contributed by atoms with E-state index in [-0.39, 0.29) is 42.7 Å². The Kier molecular flexibility index (Phi) is 21.6. The van der Waals surface area contributed by atoms with E-state index in [1.165, 1.54) is 23.2 Å². The van der Waals surface area contributed by atoms with Gasteiger partial charge in [-0.25, -0.2) is 24.9 Å². The van der Waals surface area contributed by atoms with E-state index in [1.54, 1.807) is 72.4 Å². The van der Waals surface area contributed by atoms with Crippen molar-refractivity contribution in [3.05, 3.63) is 95.2 Å². The fourth-order valence-corrected chi connectivity index (χ4v) is 14.4. The number of nitrogens with zero attached hydrogens (tertiary/aromatic N) is 20. The number of aromatic nitrogens is 15. The van der Waals surface area contributed by atoms with Gasteiger partial charge in [0.2, 0.25) is 5.91 Å². The van der Waals surface area contributed by atoms with E-state index in [0.29, 0.717) is 46.2 Å². The van der Waals surface area contributed by atoms with Gasteiger partial charge in [0, 0.05) is 144 Å². The summed E-state index contributed by atoms with van der Waals surface area (Å²) in [6.07, 6.45) is 15.5. The van der Waals surface area contributed by atoms with Gasteiger partial charge in [-0.1, -0.05) is 30.0 Å². The van der Waals surface area contributed by atoms with Gasteiger partial charge in [-0.3, -0.25) is 4.79 Å². The van der Waals surface area contributed by atoms with Gasteiger partial charge in [0.25, 0.3) is 0 Å². The number of halogens is 1. The average molecular weight is 1500 g/mol. The number of anilines is 11. The zero-order valence-corrected chi connectivity index (χ0v) is 58.9. The molecule has 5 aliphatic rings. The van der Waals surface area contributed by atoms with E-state index in [4.69, 9.17) is 67.4 Å². The molecule has 1 aromatic carbocycles. The van der Waals surface area contributed by atoms with Gasteiger partial charge in [0.1, 0.15) is 63.9 Å². The van der Waals surface area contributed by atoms with Crippen LogP contribution < -0.4 is 87.2 Å². The molecule has 10 aromatic heterocycles. The lowest BCUT2D eigenvalue weighted by atomic mass is 10.3. The molecule has 37 heteroatoms. The highest BCUT2D eigenvalue weighted by atomic mass is 127. The normalized spacial score (nSPS) is 19.1. The molecule has 5 atom stereocenters. The highest BCUT2D eigenvalue weighted by molar-refractivity contribution is 14.1. The summed E-state index contributed by atoms with van der Waals surface area (Å²) < 4.78 is 9.14. The molecule has 0 radical (unpaired) electrons. The monoisotopic (exact) mass is 1500 g/mol. The Morgan fingerprint density at radius 1 is 0.490 bits per heavy atom. The number of fused-ring (bicyclic) bond motifs is 5. The molecular weight excluding hydrogens is 1420 g/mol. The second-order valence-corrected chi connectivity index (χ2v) is 28.6. The van der Waals surface area contributed by atoms with Crippen molar-refractivity contribution in [1.82, 2.24) is 73.0 Å². The molecule has 5 fully saturated rings. The largest absolute Gasteiger partial charge is 0.396 e. The van der Waals surface area contributed by atoms with Crippen LogP contribution in [0, 0.1) is 3.57 Å². The highest BCUT2D eigenvalue weighted by Gasteiger charge is 2.28. The molecule has 33 nitrogen and oxygen atoms in total. The first kappa shape index (κ1) is 69.2. The van der Waals surface area contributed by atoms with Crippen LogP contribution in [0.15, 0.2) is 111 Å². The predicted octanol–water partition coefficient (Wildman–Crippen LogP) is 2.76. The number of thioether (sulfide) groups is 2. The van der Waals surface area contributed by atoms with E-state index < -0.39 is 0 Å². The van der Waals surface area contributed by atoms with Crippen LogP contribution in [0.5, 0.6) is 0 Å². The van der Waals surface area contributed by atoms with Gasteiger partial charge < -0.3 is 92.3 Å². The Balaban J connectivity index is 0.000000117. The fourth-order valence-electron chi connectivity index (χ4n) is 11.9. The number of carbonyl (C=O) groups excluding carboxylic acids is 1. The first-order valence-corrected chi connectivity index (χ1v) is 36.1. The molecule has 0 aliphatic carbocycles. The maximum absolute atomic E-state index is 11.2. The molecule has 22 N–H and O–H groups in total. The molecule has 11 aromatic rings. The molecular formula is C61H82IN31O2S3. The summed E-state index contributed by atoms with van der Waals surface area (Å²) in [5.41, 5.74) is 64.1. The van der Waals surface area contributed by atoms with E-state index >= 15 is 0 Å². The van der Waals surface area contributed by atoms with Crippen LogP contribution >= 0.6 is 57.9 Å². The van der Waals surface area contributed by atoms with Crippen molar-refractivity contribution in [2.75, 3.05) is 143 Å². The number of carbonyl (C=O) groups is 1. The van der Waals surface area contributed by atoms with Gasteiger partial charge in [-0.2, -0.15) is 48.1 Å². The average Bonchev–Trinajstić information content (AvgIpc) is 1.62. The maximum atomic E-state index is 11.2. The Bertz CT molecular complexity index is 4590. The topological polar surface area (TPSA) is 477 Å². The van der Waals surface area contributed by atoms with Crippen molar-refractivity contribution in [3.63, 3.8) is 0 Å². The number of aliphatic hydroxyl groups excluding tert-OH is 1. The summed E-state index contributed by atoms with van der Waals surface area (Å²) in [6, 6.07) is 20.4. The van der Waals surface area contributed by atoms with Gasteiger partial charge >= 0.3 is 0 Å². The van der Waals surface area contributed by atoms with Crippen LogP contribution in [0.4, 0.5) is 63.9 Å². The lowest BCUT2D eigenvalue weighted by molar-refractivity contribution is -0.114. The number of benzene rings is 1. The first-order chi connectivity index (χ1) is 47.3. The van der Waals surface area contributed by atoms with Crippen LogP contribution in [-0.2, 0) is 4.79 Å². The van der Waals surface area contributed by atoms with Crippen LogP contribution in [0.2, 0.25) is 0 Å². The molecule has 0 spiro atoms. The van der Waals surface area contributed by atoms with Crippen LogP contribution in [0.3, 0.4) is 0 Å². The molecule has 0 saturated carbocycles. The number of nitrogens with one attached hydrogen (secondary N) is 1. The summed E-state index contributed by atoms with van der Waals surface area (Å²) in [5, 5.41) is 32.8. The number of amides is 1. The van der Waals surface area contributed by atoms with E-state index in [2.05, 4.69) is 110 Å². The van der Waals surface area contributed by atoms with E-state index in [1.807, 2.05) is 54.9 Å². The summed E-state index contributed by atoms with van der Waals surface area (Å²) in [4.78, 5) is 49.3. The van der Waals surface area contributed by atoms with Crippen LogP contribution in [0.25, 0.3) is 28.2 Å². The van der Waals surface area contributed by atoms with E-state index in [9.17, 15) is 4.79 Å². The number of rotatable bonds is 12. The Hall–Kier alpha value is -8.67. The molecule has 0 unspecified atom stereocenters. The second kappa shape index (κ2) is 30.6. The molecule has 1 amide bonds. The zero-order chi connectivity index (χ0) is 68.9. The standard InChI is InChI=1S/C16H18N6S.C12H17N7O.C12H18N6OS.C11H16N6S.C10H13IN6/c17-11-6-7-21(10-11)15-8-14(18)22-16(20-15)13(9-19-22)23-12-4-2-1-3-5-12;1-7(20)16-9-5-15-19-10(14)4-11(17-12(9)19)18-3-2-8(13)6-18;13-8-1-2-17(7-8)11-5-10(14)18-12(16-11)9(6-15-18)20-4-3-19;1-18-8-5-14-17-9(13)4-10(15-11(8)17)16-3-2-7(12)6-16;11-7-4-14-17-8(13)3-9(15-10(7)17)16-2-1-6(12)5-16/h1-5,8-9,11H,6-7,10,17-18H2;4-5,8H,2-3,6,13-14H2,1H3,(H,16,20);5-6,8,19H,1-4,7,13-14H2;4-5,7H,2-3,6,12-13H2,1H3;3-4,6H,1-2,5,12-13H2/t11-;2*8-;7-;6-/m00000/s1. The number of hydrogen-bond acceptors (Lipinski definition) is 30. The Morgan fingerprint density at radius 3 is 1.21 bits per heavy atom. The SMILES string of the molecule is CC(=O)Nc1cnn2c(N)cc(N3CC[C@H](N)C3)nc12.CSc1cnn2c(N)cc(N3CC[C@H](N)C3)nc12.Nc1cc(N2CC[C@H](N)C2)nc2c(I)cnn12.Nc1cc(N2CC[C@H](N)C2)nc2c(SCCO)cnn12.Nc1cc(N2CC[C@H](N)C2)nc2c(Sc3ccccc3)cnn12. The first-order valence-electron chi connectivity index (χ1n) is 31.9. The van der Waals surface area contributed by atoms with Crippen molar-refractivity contribution in [2.45, 2.75) is 88.8 Å². The van der Waals surface area contributed by atoms with Crippen molar-refractivity contribution < 1.29 is 9.90 Å². The fraction of sp³-hybridized carbons (Fsp3) is 0.393. The van der Waals surface area contributed by atoms with Crippen molar-refractivity contribution >= 4 is 156 Å². The number of hydrogen-bond donors (Lipinski definition) is 12. The van der Waals surface area contributed by atoms with Gasteiger partial charge in [0.05, 0.1) is 55.8 Å². The Morgan fingerprint density at radius 2 is 0.827 bits per heavy atom. The second-order valence-electron chi connectivity index (χ2n) is 24.3. The van der Waals surface area contributed by atoms with Crippen LogP contribution in [0.1, 0.15) is 39.0 Å². The third-order valence-corrected chi connectivity index (χ3v) is 20.4.